The molecule has 2 aromatic rings. The lowest BCUT2D eigenvalue weighted by molar-refractivity contribution is 0.116. The standard InChI is InChI=1S/C12H15N3O.C7H13NO2/c16-12-14-10-3-1-2-4-11(10)15(12)9-5-7-13-8-6-9;1-2-10-7(9)8-5-3-4-6-8/h1-4,9,13H,5-8H2,(H,14,16);2-6H2,1H3. The van der Waals surface area contributed by atoms with Crippen LogP contribution >= 0.6 is 0 Å². The number of nitrogens with one attached hydrogen (secondary N) is 2. The Morgan fingerprint density at radius 3 is 2.58 bits per heavy atom. The van der Waals surface area contributed by atoms with E-state index >= 15 is 0 Å². The van der Waals surface area contributed by atoms with Crippen molar-refractivity contribution < 1.29 is 9.53 Å². The first-order valence-electron chi connectivity index (χ1n) is 9.52. The van der Waals surface area contributed by atoms with Gasteiger partial charge in [0.05, 0.1) is 17.6 Å². The predicted octanol–water partition coefficient (Wildman–Crippen LogP) is 2.49. The van der Waals surface area contributed by atoms with E-state index in [0.29, 0.717) is 12.6 Å². The molecule has 4 rings (SSSR count). The third kappa shape index (κ3) is 4.27. The number of carbonyl (C=O) groups is 1. The number of benzene rings is 1. The third-order valence-electron chi connectivity index (χ3n) is 4.93. The Labute approximate surface area is 153 Å². The number of para-hydroxylation sites is 2. The number of piperidine rings is 1. The van der Waals surface area contributed by atoms with Crippen molar-refractivity contribution in [3.8, 4) is 0 Å². The second-order valence-electron chi connectivity index (χ2n) is 6.69. The van der Waals surface area contributed by atoms with Gasteiger partial charge in [0, 0.05) is 19.1 Å². The van der Waals surface area contributed by atoms with Crippen molar-refractivity contribution in [1.29, 1.82) is 0 Å². The maximum absolute atomic E-state index is 11.9. The summed E-state index contributed by atoms with van der Waals surface area (Å²) in [4.78, 5) is 27.5. The highest BCUT2D eigenvalue weighted by atomic mass is 16.6. The molecule has 2 fully saturated rings. The molecular weight excluding hydrogens is 332 g/mol. The minimum Gasteiger partial charge on any atom is -0.450 e. The van der Waals surface area contributed by atoms with E-state index in [1.165, 1.54) is 0 Å². The van der Waals surface area contributed by atoms with Crippen LogP contribution in [0.5, 0.6) is 0 Å². The number of rotatable bonds is 2. The molecule has 2 N–H and O–H groups in total. The van der Waals surface area contributed by atoms with Crippen molar-refractivity contribution >= 4 is 17.1 Å². The summed E-state index contributed by atoms with van der Waals surface area (Å²) < 4.78 is 6.73. The summed E-state index contributed by atoms with van der Waals surface area (Å²) >= 11 is 0. The number of aromatic nitrogens is 2. The number of nitrogens with zero attached hydrogens (tertiary/aromatic N) is 2. The fraction of sp³-hybridized carbons (Fsp3) is 0.579. The highest BCUT2D eigenvalue weighted by Crippen LogP contribution is 2.21. The SMILES string of the molecule is CCOC(=O)N1CCCC1.O=c1[nH]c2ccccc2n1C1CCNCC1. The van der Waals surface area contributed by atoms with Gasteiger partial charge in [-0.25, -0.2) is 9.59 Å². The zero-order valence-electron chi connectivity index (χ0n) is 15.4. The quantitative estimate of drug-likeness (QED) is 0.862. The van der Waals surface area contributed by atoms with Gasteiger partial charge >= 0.3 is 11.8 Å². The monoisotopic (exact) mass is 360 g/mol. The number of fused-ring (bicyclic) bond motifs is 1. The lowest BCUT2D eigenvalue weighted by Crippen LogP contribution is -2.33. The topological polar surface area (TPSA) is 79.4 Å². The smallest absolute Gasteiger partial charge is 0.409 e. The minimum absolute atomic E-state index is 0.0214. The van der Waals surface area contributed by atoms with Gasteiger partial charge in [-0.05, 0) is 57.8 Å². The van der Waals surface area contributed by atoms with Gasteiger partial charge in [-0.3, -0.25) is 4.57 Å². The number of amides is 1. The van der Waals surface area contributed by atoms with E-state index in [0.717, 1.165) is 62.9 Å². The van der Waals surface area contributed by atoms with E-state index in [9.17, 15) is 9.59 Å². The van der Waals surface area contributed by atoms with Crippen molar-refractivity contribution in [3.63, 3.8) is 0 Å². The summed E-state index contributed by atoms with van der Waals surface area (Å²) in [6.07, 6.45) is 4.15. The predicted molar refractivity (Wildman–Crippen MR) is 102 cm³/mol. The molecule has 0 saturated carbocycles. The molecule has 1 amide bonds. The van der Waals surface area contributed by atoms with Crippen LogP contribution in [0.1, 0.15) is 38.6 Å². The van der Waals surface area contributed by atoms with Crippen LogP contribution in [0, 0.1) is 0 Å². The van der Waals surface area contributed by atoms with E-state index in [1.807, 2.05) is 35.8 Å². The van der Waals surface area contributed by atoms with Gasteiger partial charge in [-0.15, -0.1) is 0 Å². The molecule has 0 aliphatic carbocycles. The van der Waals surface area contributed by atoms with E-state index < -0.39 is 0 Å². The number of ether oxygens (including phenoxy) is 1. The molecule has 7 nitrogen and oxygen atoms in total. The van der Waals surface area contributed by atoms with Gasteiger partial charge in [-0.1, -0.05) is 12.1 Å². The summed E-state index contributed by atoms with van der Waals surface area (Å²) in [6.45, 7) is 6.05. The Hall–Kier alpha value is -2.28. The van der Waals surface area contributed by atoms with Crippen molar-refractivity contribution in [2.24, 2.45) is 0 Å². The Bertz CT molecular complexity index is 770. The molecule has 0 unspecified atom stereocenters. The zero-order chi connectivity index (χ0) is 18.4. The van der Waals surface area contributed by atoms with Crippen molar-refractivity contribution in [2.75, 3.05) is 32.8 Å². The van der Waals surface area contributed by atoms with Gasteiger partial charge in [-0.2, -0.15) is 0 Å². The maximum Gasteiger partial charge on any atom is 0.409 e. The molecule has 0 radical (unpaired) electrons. The fourth-order valence-electron chi connectivity index (χ4n) is 3.62. The summed E-state index contributed by atoms with van der Waals surface area (Å²) in [6, 6.07) is 8.23. The molecule has 2 saturated heterocycles. The Morgan fingerprint density at radius 2 is 1.88 bits per heavy atom. The van der Waals surface area contributed by atoms with Gasteiger partial charge in [0.25, 0.3) is 0 Å². The largest absolute Gasteiger partial charge is 0.450 e. The second-order valence-corrected chi connectivity index (χ2v) is 6.69. The number of aromatic amines is 1. The van der Waals surface area contributed by atoms with Crippen LogP contribution in [0.4, 0.5) is 4.79 Å². The van der Waals surface area contributed by atoms with E-state index in [1.54, 1.807) is 4.90 Å². The molecule has 7 heteroatoms. The first-order valence-corrected chi connectivity index (χ1v) is 9.52. The lowest BCUT2D eigenvalue weighted by atomic mass is 10.1. The average Bonchev–Trinajstić information content (AvgIpc) is 3.30. The first kappa shape index (κ1) is 18.5. The van der Waals surface area contributed by atoms with Crippen molar-refractivity contribution in [3.05, 3.63) is 34.7 Å². The molecule has 3 heterocycles. The maximum atomic E-state index is 11.9. The van der Waals surface area contributed by atoms with E-state index in [4.69, 9.17) is 4.74 Å². The van der Waals surface area contributed by atoms with Gasteiger partial charge < -0.3 is 19.9 Å². The van der Waals surface area contributed by atoms with Crippen LogP contribution in [0.15, 0.2) is 29.1 Å². The van der Waals surface area contributed by atoms with Crippen LogP contribution in [-0.2, 0) is 4.74 Å². The zero-order valence-corrected chi connectivity index (χ0v) is 15.4. The molecule has 26 heavy (non-hydrogen) atoms. The molecule has 2 aliphatic rings. The molecule has 142 valence electrons. The molecular formula is C19H28N4O3. The number of imidazole rings is 1. The van der Waals surface area contributed by atoms with E-state index in [-0.39, 0.29) is 11.8 Å². The van der Waals surface area contributed by atoms with E-state index in [2.05, 4.69) is 10.3 Å². The summed E-state index contributed by atoms with van der Waals surface area (Å²) in [7, 11) is 0. The van der Waals surface area contributed by atoms with Gasteiger partial charge in [0.1, 0.15) is 0 Å². The summed E-state index contributed by atoms with van der Waals surface area (Å²) in [5.41, 5.74) is 1.98. The molecule has 1 aromatic carbocycles. The summed E-state index contributed by atoms with van der Waals surface area (Å²) in [5.74, 6) is 0. The van der Waals surface area contributed by atoms with Crippen molar-refractivity contribution in [1.82, 2.24) is 19.8 Å². The fourth-order valence-corrected chi connectivity index (χ4v) is 3.62. The minimum atomic E-state index is -0.153. The third-order valence-corrected chi connectivity index (χ3v) is 4.93. The second kappa shape index (κ2) is 8.89. The number of H-pyrrole nitrogens is 1. The van der Waals surface area contributed by atoms with Crippen LogP contribution in [-0.4, -0.2) is 53.3 Å². The Kier molecular flexibility index (Phi) is 6.33. The van der Waals surface area contributed by atoms with Crippen molar-refractivity contribution in [2.45, 2.75) is 38.6 Å². The first-order chi connectivity index (χ1) is 12.7. The van der Waals surface area contributed by atoms with Gasteiger partial charge in [0.2, 0.25) is 0 Å². The van der Waals surface area contributed by atoms with Crippen LogP contribution in [0.25, 0.3) is 11.0 Å². The normalized spacial score (nSPS) is 17.8. The molecule has 0 bridgehead atoms. The highest BCUT2D eigenvalue weighted by Gasteiger charge is 2.19. The number of carbonyl (C=O) groups excluding carboxylic acids is 1. The Morgan fingerprint density at radius 1 is 1.19 bits per heavy atom. The number of hydrogen-bond donors (Lipinski definition) is 2. The summed E-state index contributed by atoms with van der Waals surface area (Å²) in [5, 5.41) is 3.32. The lowest BCUT2D eigenvalue weighted by Gasteiger charge is -2.23. The molecule has 2 aliphatic heterocycles. The number of likely N-dealkylation sites (tertiary alicyclic amines) is 1. The molecule has 0 spiro atoms. The number of hydrogen-bond acceptors (Lipinski definition) is 4. The highest BCUT2D eigenvalue weighted by molar-refractivity contribution is 5.75. The van der Waals surface area contributed by atoms with Crippen LogP contribution in [0.3, 0.4) is 0 Å². The van der Waals surface area contributed by atoms with Gasteiger partial charge in [0.15, 0.2) is 0 Å². The van der Waals surface area contributed by atoms with Crippen LogP contribution < -0.4 is 11.0 Å². The average molecular weight is 360 g/mol. The van der Waals surface area contributed by atoms with Crippen LogP contribution in [0.2, 0.25) is 0 Å². The molecule has 0 atom stereocenters. The molecule has 1 aromatic heterocycles. The Balaban J connectivity index is 0.000000170.